The van der Waals surface area contributed by atoms with Crippen molar-refractivity contribution in [1.29, 1.82) is 0 Å². The predicted molar refractivity (Wildman–Crippen MR) is 130 cm³/mol. The van der Waals surface area contributed by atoms with Gasteiger partial charge < -0.3 is 9.30 Å². The van der Waals surface area contributed by atoms with Gasteiger partial charge in [0, 0.05) is 18.2 Å². The van der Waals surface area contributed by atoms with Gasteiger partial charge in [-0.3, -0.25) is 9.59 Å². The highest BCUT2D eigenvalue weighted by Gasteiger charge is 2.30. The molecule has 0 unspecified atom stereocenters. The molecule has 1 aliphatic rings. The molecule has 2 heterocycles. The van der Waals surface area contributed by atoms with E-state index >= 15 is 0 Å². The number of methoxy groups -OCH3 is 1. The maximum Gasteiger partial charge on any atom is 0.325 e. The van der Waals surface area contributed by atoms with Crippen LogP contribution in [0.2, 0.25) is 0 Å². The Bertz CT molecular complexity index is 1400. The van der Waals surface area contributed by atoms with Gasteiger partial charge in [-0.1, -0.05) is 23.8 Å². The number of hydrogen-bond donors (Lipinski definition) is 0. The van der Waals surface area contributed by atoms with Gasteiger partial charge in [0.05, 0.1) is 22.2 Å². The molecule has 4 rings (SSSR count). The Hall–Kier alpha value is -2.82. The van der Waals surface area contributed by atoms with E-state index in [1.54, 1.807) is 4.57 Å². The highest BCUT2D eigenvalue weighted by Crippen LogP contribution is 2.25. The van der Waals surface area contributed by atoms with Crippen LogP contribution < -0.4 is 4.80 Å². The van der Waals surface area contributed by atoms with Gasteiger partial charge in [-0.05, 0) is 68.7 Å². The summed E-state index contributed by atoms with van der Waals surface area (Å²) in [4.78, 5) is 29.7. The van der Waals surface area contributed by atoms with Gasteiger partial charge in [-0.2, -0.15) is 9.30 Å². The number of piperidine rings is 1. The second-order valence-corrected chi connectivity index (χ2v) is 11.3. The van der Waals surface area contributed by atoms with Gasteiger partial charge >= 0.3 is 5.97 Å². The lowest BCUT2D eigenvalue weighted by Crippen LogP contribution is -2.41. The number of aromatic nitrogens is 1. The molecule has 1 aliphatic heterocycles. The molecule has 1 atom stereocenters. The average Bonchev–Trinajstić information content (AvgIpc) is 3.14. The zero-order valence-corrected chi connectivity index (χ0v) is 21.0. The fraction of sp³-hybridized carbons (Fsp3) is 0.375. The van der Waals surface area contributed by atoms with Crippen LogP contribution in [-0.4, -0.2) is 48.9 Å². The third-order valence-electron chi connectivity index (χ3n) is 6.00. The molecule has 1 amide bonds. The largest absolute Gasteiger partial charge is 0.468 e. The van der Waals surface area contributed by atoms with Crippen LogP contribution in [0.4, 0.5) is 0 Å². The molecule has 1 fully saturated rings. The molecule has 0 N–H and O–H groups in total. The first-order valence-corrected chi connectivity index (χ1v) is 13.3. The molecular formula is C24H27N3O5S2. The van der Waals surface area contributed by atoms with E-state index in [1.807, 2.05) is 32.0 Å². The van der Waals surface area contributed by atoms with Crippen LogP contribution in [-0.2, 0) is 26.1 Å². The number of hydrogen-bond acceptors (Lipinski definition) is 6. The fourth-order valence-corrected chi connectivity index (χ4v) is 6.92. The third-order valence-corrected chi connectivity index (χ3v) is 9.07. The van der Waals surface area contributed by atoms with E-state index in [4.69, 9.17) is 4.74 Å². The normalized spacial score (nSPS) is 17.7. The van der Waals surface area contributed by atoms with Crippen molar-refractivity contribution in [2.45, 2.75) is 50.6 Å². The van der Waals surface area contributed by atoms with Gasteiger partial charge in [0.25, 0.3) is 5.91 Å². The van der Waals surface area contributed by atoms with E-state index in [1.165, 1.54) is 47.0 Å². The van der Waals surface area contributed by atoms with Crippen LogP contribution in [0.1, 0.15) is 42.1 Å². The Balaban J connectivity index is 1.67. The number of benzene rings is 2. The summed E-state index contributed by atoms with van der Waals surface area (Å²) in [5.74, 6) is -0.965. The van der Waals surface area contributed by atoms with Crippen molar-refractivity contribution >= 4 is 43.5 Å². The fourth-order valence-electron chi connectivity index (χ4n) is 4.10. The Morgan fingerprint density at radius 1 is 1.15 bits per heavy atom. The first-order chi connectivity index (χ1) is 16.2. The summed E-state index contributed by atoms with van der Waals surface area (Å²) in [6.07, 6.45) is 2.71. The number of esters is 1. The molecule has 0 aliphatic carbocycles. The number of nitrogens with zero attached hydrogens (tertiary/aromatic N) is 3. The van der Waals surface area contributed by atoms with Gasteiger partial charge in [-0.15, -0.1) is 0 Å². The molecule has 3 aromatic rings. The van der Waals surface area contributed by atoms with Crippen LogP contribution in [0, 0.1) is 6.92 Å². The summed E-state index contributed by atoms with van der Waals surface area (Å²) in [5, 5.41) is 0. The lowest BCUT2D eigenvalue weighted by atomic mass is 10.1. The summed E-state index contributed by atoms with van der Waals surface area (Å²) in [6, 6.07) is 11.6. The topological polar surface area (TPSA) is 98.0 Å². The Morgan fingerprint density at radius 3 is 2.56 bits per heavy atom. The highest BCUT2D eigenvalue weighted by molar-refractivity contribution is 7.89. The SMILES string of the molecule is COC(=O)Cn1c(=NC(=O)c2ccc(S(=O)(=O)N3CCCC[C@H]3C)cc2)sc2cc(C)ccc21. The quantitative estimate of drug-likeness (QED) is 0.499. The Kier molecular flexibility index (Phi) is 7.01. The predicted octanol–water partition coefficient (Wildman–Crippen LogP) is 3.49. The van der Waals surface area contributed by atoms with Crippen molar-refractivity contribution < 1.29 is 22.7 Å². The second-order valence-electron chi connectivity index (χ2n) is 8.42. The van der Waals surface area contributed by atoms with Crippen LogP contribution in [0.25, 0.3) is 10.2 Å². The molecule has 2 aromatic carbocycles. The monoisotopic (exact) mass is 501 g/mol. The maximum absolute atomic E-state index is 13.0. The van der Waals surface area contributed by atoms with Crippen molar-refractivity contribution in [2.24, 2.45) is 4.99 Å². The van der Waals surface area contributed by atoms with Crippen LogP contribution in [0.3, 0.4) is 0 Å². The Morgan fingerprint density at radius 2 is 1.88 bits per heavy atom. The number of ether oxygens (including phenoxy) is 1. The molecule has 180 valence electrons. The Labute approximate surface area is 202 Å². The summed E-state index contributed by atoms with van der Waals surface area (Å²) >= 11 is 1.31. The smallest absolute Gasteiger partial charge is 0.325 e. The number of thiazole rings is 1. The van der Waals surface area contributed by atoms with Gasteiger partial charge in [-0.25, -0.2) is 8.42 Å². The molecule has 1 saturated heterocycles. The van der Waals surface area contributed by atoms with Gasteiger partial charge in [0.1, 0.15) is 6.54 Å². The number of amides is 1. The van der Waals surface area contributed by atoms with E-state index in [-0.39, 0.29) is 23.0 Å². The van der Waals surface area contributed by atoms with E-state index in [2.05, 4.69) is 4.99 Å². The molecular weight excluding hydrogens is 474 g/mol. The zero-order valence-electron chi connectivity index (χ0n) is 19.4. The second kappa shape index (κ2) is 9.81. The molecule has 0 radical (unpaired) electrons. The van der Waals surface area contributed by atoms with Gasteiger partial charge in [0.2, 0.25) is 10.0 Å². The number of carbonyl (C=O) groups excluding carboxylic acids is 2. The zero-order chi connectivity index (χ0) is 24.5. The molecule has 0 saturated carbocycles. The van der Waals surface area contributed by atoms with Gasteiger partial charge in [0.15, 0.2) is 4.80 Å². The lowest BCUT2D eigenvalue weighted by molar-refractivity contribution is -0.141. The minimum absolute atomic E-state index is 0.0445. The molecule has 34 heavy (non-hydrogen) atoms. The molecule has 10 heteroatoms. The van der Waals surface area contributed by atoms with Crippen LogP contribution in [0.5, 0.6) is 0 Å². The number of rotatable bonds is 5. The minimum atomic E-state index is -3.62. The van der Waals surface area contributed by atoms with E-state index < -0.39 is 21.9 Å². The number of fused-ring (bicyclic) bond motifs is 1. The number of aryl methyl sites for hydroxylation is 1. The average molecular weight is 502 g/mol. The molecule has 1 aromatic heterocycles. The summed E-state index contributed by atoms with van der Waals surface area (Å²) in [6.45, 7) is 4.32. The first-order valence-electron chi connectivity index (χ1n) is 11.1. The van der Waals surface area contributed by atoms with Crippen molar-refractivity contribution in [1.82, 2.24) is 8.87 Å². The summed E-state index contributed by atoms with van der Waals surface area (Å²) in [7, 11) is -2.31. The van der Waals surface area contributed by atoms with Crippen LogP contribution >= 0.6 is 11.3 Å². The van der Waals surface area contributed by atoms with Crippen molar-refractivity contribution in [3.8, 4) is 0 Å². The van der Waals surface area contributed by atoms with E-state index in [0.717, 1.165) is 35.0 Å². The molecule has 0 spiro atoms. The summed E-state index contributed by atoms with van der Waals surface area (Å²) in [5.41, 5.74) is 2.10. The van der Waals surface area contributed by atoms with Crippen molar-refractivity contribution in [2.75, 3.05) is 13.7 Å². The standard InChI is InChI=1S/C24H27N3O5S2/c1-16-7-12-20-21(14-16)33-24(26(20)15-22(28)32-3)25-23(29)18-8-10-19(11-9-18)34(30,31)27-13-5-4-6-17(27)2/h7-12,14,17H,4-6,13,15H2,1-3H3/t17-/m1/s1. The summed E-state index contributed by atoms with van der Waals surface area (Å²) < 4.78 is 35.0. The lowest BCUT2D eigenvalue weighted by Gasteiger charge is -2.32. The first kappa shape index (κ1) is 24.3. The molecule has 0 bridgehead atoms. The van der Waals surface area contributed by atoms with E-state index in [9.17, 15) is 18.0 Å². The van der Waals surface area contributed by atoms with E-state index in [0.29, 0.717) is 11.3 Å². The van der Waals surface area contributed by atoms with Crippen LogP contribution in [0.15, 0.2) is 52.4 Å². The highest BCUT2D eigenvalue weighted by atomic mass is 32.2. The maximum atomic E-state index is 13.0. The van der Waals surface area contributed by atoms with Crippen molar-refractivity contribution in [3.05, 3.63) is 58.4 Å². The number of carbonyl (C=O) groups is 2. The number of sulfonamides is 1. The molecule has 8 nitrogen and oxygen atoms in total. The minimum Gasteiger partial charge on any atom is -0.468 e. The van der Waals surface area contributed by atoms with Crippen molar-refractivity contribution in [3.63, 3.8) is 0 Å². The third kappa shape index (κ3) is 4.84.